The molecule has 3 N–H and O–H groups in total. The molecule has 1 aliphatic rings. The molecule has 2 aromatic rings. The number of amides is 1. The molecule has 0 spiro atoms. The number of aromatic nitrogens is 2. The Morgan fingerprint density at radius 3 is 2.56 bits per heavy atom. The first-order chi connectivity index (χ1) is 15.2. The zero-order valence-corrected chi connectivity index (χ0v) is 19.2. The lowest BCUT2D eigenvalue weighted by molar-refractivity contribution is -0.111. The lowest BCUT2D eigenvalue weighted by Crippen LogP contribution is -2.18. The molecule has 1 amide bonds. The van der Waals surface area contributed by atoms with E-state index in [9.17, 15) is 18.3 Å². The van der Waals surface area contributed by atoms with Crippen molar-refractivity contribution in [2.75, 3.05) is 18.2 Å². The van der Waals surface area contributed by atoms with Crippen molar-refractivity contribution in [2.24, 2.45) is 5.92 Å². The largest absolute Gasteiger partial charge is 0.394 e. The Morgan fingerprint density at radius 1 is 1.28 bits per heavy atom. The normalized spacial score (nSPS) is 16.2. The van der Waals surface area contributed by atoms with Crippen molar-refractivity contribution in [3.8, 4) is 0 Å². The van der Waals surface area contributed by atoms with Gasteiger partial charge in [-0.05, 0) is 36.5 Å². The number of halogens is 1. The van der Waals surface area contributed by atoms with E-state index >= 15 is 0 Å². The van der Waals surface area contributed by atoms with Crippen LogP contribution in [0.5, 0.6) is 0 Å². The van der Waals surface area contributed by atoms with E-state index in [-0.39, 0.29) is 34.7 Å². The Balaban J connectivity index is 1.86. The predicted octanol–water partition coefficient (Wildman–Crippen LogP) is 2.64. The maximum atomic E-state index is 13.1. The zero-order chi connectivity index (χ0) is 23.3. The molecule has 1 saturated carbocycles. The molecule has 172 valence electrons. The van der Waals surface area contributed by atoms with Gasteiger partial charge >= 0.3 is 0 Å². The number of nitrogens with zero attached hydrogens (tertiary/aromatic N) is 2. The van der Waals surface area contributed by atoms with Crippen LogP contribution in [0.4, 0.5) is 5.82 Å². The van der Waals surface area contributed by atoms with Crippen LogP contribution in [0.2, 0.25) is 5.02 Å². The van der Waals surface area contributed by atoms with E-state index in [1.165, 1.54) is 24.5 Å². The highest BCUT2D eigenvalue weighted by molar-refractivity contribution is 7.90. The minimum absolute atomic E-state index is 0.00932. The molecule has 0 aliphatic heterocycles. The van der Waals surface area contributed by atoms with Gasteiger partial charge in [0.05, 0.1) is 40.7 Å². The highest BCUT2D eigenvalue weighted by Gasteiger charge is 2.21. The van der Waals surface area contributed by atoms with Gasteiger partial charge < -0.3 is 15.5 Å². The van der Waals surface area contributed by atoms with Gasteiger partial charge in [-0.3, -0.25) is 9.78 Å². The lowest BCUT2D eigenvalue weighted by atomic mass is 9.98. The summed E-state index contributed by atoms with van der Waals surface area (Å²) in [4.78, 5) is 21.4. The van der Waals surface area contributed by atoms with Gasteiger partial charge in [-0.2, -0.15) is 0 Å². The lowest BCUT2D eigenvalue weighted by Gasteiger charge is -2.13. The molecular weight excluding hydrogens is 454 g/mol. The van der Waals surface area contributed by atoms with E-state index in [4.69, 9.17) is 16.7 Å². The summed E-state index contributed by atoms with van der Waals surface area (Å²) in [6.07, 6.45) is 9.16. The fraction of sp³-hybridized carbons (Fsp3) is 0.409. The summed E-state index contributed by atoms with van der Waals surface area (Å²) >= 11 is 6.21. The van der Waals surface area contributed by atoms with Crippen molar-refractivity contribution in [2.45, 2.75) is 43.1 Å². The molecule has 0 bridgehead atoms. The van der Waals surface area contributed by atoms with Gasteiger partial charge in [0.2, 0.25) is 0 Å². The summed E-state index contributed by atoms with van der Waals surface area (Å²) in [7, 11) is -3.49. The molecule has 32 heavy (non-hydrogen) atoms. The molecule has 1 aromatic carbocycles. The van der Waals surface area contributed by atoms with Gasteiger partial charge in [-0.1, -0.05) is 36.6 Å². The third-order valence-corrected chi connectivity index (χ3v) is 6.87. The van der Waals surface area contributed by atoms with Gasteiger partial charge in [0, 0.05) is 18.2 Å². The first-order valence-corrected chi connectivity index (χ1v) is 12.6. The Hall–Kier alpha value is -2.33. The molecule has 0 radical (unpaired) electrons. The molecule has 1 aromatic heterocycles. The maximum Gasteiger partial charge on any atom is 0.257 e. The monoisotopic (exact) mass is 479 g/mol. The summed E-state index contributed by atoms with van der Waals surface area (Å²) in [6, 6.07) is 4.47. The quantitative estimate of drug-likeness (QED) is 0.496. The number of hydrogen-bond acceptors (Lipinski definition) is 7. The Morgan fingerprint density at radius 2 is 2.00 bits per heavy atom. The van der Waals surface area contributed by atoms with E-state index in [2.05, 4.69) is 15.3 Å². The maximum absolute atomic E-state index is 13.1. The van der Waals surface area contributed by atoms with Crippen LogP contribution in [0, 0.1) is 5.92 Å². The summed E-state index contributed by atoms with van der Waals surface area (Å²) in [5, 5.41) is 21.2. The van der Waals surface area contributed by atoms with Crippen LogP contribution in [0.15, 0.2) is 41.6 Å². The average Bonchev–Trinajstić information content (AvgIpc) is 3.25. The molecular formula is C22H26ClN3O5S. The second kappa shape index (κ2) is 10.5. The average molecular weight is 480 g/mol. The van der Waals surface area contributed by atoms with Gasteiger partial charge in [0.1, 0.15) is 0 Å². The van der Waals surface area contributed by atoms with Crippen LogP contribution in [0.3, 0.4) is 0 Å². The SMILES string of the molecule is CS(=O)(=O)c1ccc(/C(=C\C2CCCC2)C(=O)Nc2cnc(C[C@@H](O)CO)cn2)cc1Cl. The molecule has 1 atom stereocenters. The summed E-state index contributed by atoms with van der Waals surface area (Å²) < 4.78 is 23.8. The summed E-state index contributed by atoms with van der Waals surface area (Å²) in [5.74, 6) is 0.0727. The van der Waals surface area contributed by atoms with Gasteiger partial charge in [0.15, 0.2) is 15.7 Å². The molecule has 0 saturated heterocycles. The Kier molecular flexibility index (Phi) is 8.00. The van der Waals surface area contributed by atoms with Crippen molar-refractivity contribution in [3.05, 3.63) is 52.9 Å². The van der Waals surface area contributed by atoms with Crippen molar-refractivity contribution in [1.82, 2.24) is 9.97 Å². The van der Waals surface area contributed by atoms with E-state index in [0.717, 1.165) is 31.9 Å². The number of allylic oxidation sites excluding steroid dienone is 1. The molecule has 1 fully saturated rings. The van der Waals surface area contributed by atoms with Crippen LogP contribution < -0.4 is 5.32 Å². The van der Waals surface area contributed by atoms with Crippen LogP contribution in [-0.4, -0.2) is 53.5 Å². The van der Waals surface area contributed by atoms with Crippen LogP contribution in [0.1, 0.15) is 36.9 Å². The fourth-order valence-electron chi connectivity index (χ4n) is 3.65. The number of rotatable bonds is 8. The highest BCUT2D eigenvalue weighted by atomic mass is 35.5. The van der Waals surface area contributed by atoms with Crippen molar-refractivity contribution in [3.63, 3.8) is 0 Å². The van der Waals surface area contributed by atoms with E-state index in [0.29, 0.717) is 16.8 Å². The number of aliphatic hydroxyl groups excluding tert-OH is 2. The Bertz CT molecular complexity index is 1100. The van der Waals surface area contributed by atoms with Crippen molar-refractivity contribution < 1.29 is 23.4 Å². The number of nitrogens with one attached hydrogen (secondary N) is 1. The smallest absolute Gasteiger partial charge is 0.257 e. The molecule has 1 heterocycles. The van der Waals surface area contributed by atoms with Gasteiger partial charge in [-0.25, -0.2) is 13.4 Å². The minimum Gasteiger partial charge on any atom is -0.394 e. The van der Waals surface area contributed by atoms with Crippen molar-refractivity contribution in [1.29, 1.82) is 0 Å². The molecule has 10 heteroatoms. The van der Waals surface area contributed by atoms with E-state index in [1.54, 1.807) is 6.07 Å². The number of sulfone groups is 1. The van der Waals surface area contributed by atoms with Crippen LogP contribution >= 0.6 is 11.6 Å². The minimum atomic E-state index is -3.49. The predicted molar refractivity (Wildman–Crippen MR) is 122 cm³/mol. The fourth-order valence-corrected chi connectivity index (χ4v) is 4.98. The Labute approximate surface area is 192 Å². The topological polar surface area (TPSA) is 129 Å². The van der Waals surface area contributed by atoms with E-state index < -0.39 is 21.8 Å². The highest BCUT2D eigenvalue weighted by Crippen LogP contribution is 2.32. The van der Waals surface area contributed by atoms with E-state index in [1.807, 2.05) is 6.08 Å². The third-order valence-electron chi connectivity index (χ3n) is 5.29. The zero-order valence-electron chi connectivity index (χ0n) is 17.7. The number of carbonyl (C=O) groups excluding carboxylic acids is 1. The second-order valence-corrected chi connectivity index (χ2v) is 10.3. The van der Waals surface area contributed by atoms with Gasteiger partial charge in [-0.15, -0.1) is 0 Å². The number of hydrogen-bond donors (Lipinski definition) is 3. The number of carbonyl (C=O) groups is 1. The molecule has 3 rings (SSSR count). The number of aliphatic hydroxyl groups is 2. The first kappa shape index (κ1) is 24.3. The summed E-state index contributed by atoms with van der Waals surface area (Å²) in [6.45, 7) is -0.379. The van der Waals surface area contributed by atoms with Crippen LogP contribution in [0.25, 0.3) is 5.57 Å². The molecule has 0 unspecified atom stereocenters. The molecule has 8 nitrogen and oxygen atoms in total. The first-order valence-electron chi connectivity index (χ1n) is 10.3. The van der Waals surface area contributed by atoms with Gasteiger partial charge in [0.25, 0.3) is 5.91 Å². The molecule has 1 aliphatic carbocycles. The van der Waals surface area contributed by atoms with Crippen LogP contribution in [-0.2, 0) is 21.1 Å². The summed E-state index contributed by atoms with van der Waals surface area (Å²) in [5.41, 5.74) is 1.39. The van der Waals surface area contributed by atoms with Crippen molar-refractivity contribution >= 4 is 38.7 Å². The number of benzene rings is 1. The standard InChI is InChI=1S/C22H26ClN3O5S/c1-32(30,31)20-7-6-15(9-19(20)23)18(8-14-4-2-3-5-14)22(29)26-21-12-24-16(11-25-21)10-17(28)13-27/h6-9,11-12,14,17,27-28H,2-5,10,13H2,1H3,(H,25,26,29)/b18-8+/t17-/m1/s1. The third kappa shape index (κ3) is 6.35. The number of anilines is 1. The second-order valence-electron chi connectivity index (χ2n) is 7.93.